The van der Waals surface area contributed by atoms with E-state index < -0.39 is 12.1 Å². The van der Waals surface area contributed by atoms with Crippen LogP contribution in [0.2, 0.25) is 0 Å². The molecule has 0 heterocycles. The van der Waals surface area contributed by atoms with Crippen LogP contribution in [0, 0.1) is 0 Å². The molecule has 478 valence electrons. The maximum atomic E-state index is 12.6. The highest BCUT2D eigenvalue weighted by Gasteiger charge is 2.20. The lowest BCUT2D eigenvalue weighted by Gasteiger charge is -2.22. The lowest BCUT2D eigenvalue weighted by molar-refractivity contribution is -0.143. The van der Waals surface area contributed by atoms with Crippen LogP contribution in [0.25, 0.3) is 0 Å². The molecular weight excluding hydrogens is 983 g/mol. The van der Waals surface area contributed by atoms with Gasteiger partial charge in [0.2, 0.25) is 5.91 Å². The second-order valence-corrected chi connectivity index (χ2v) is 26.0. The molecule has 0 aromatic carbocycles. The average molecular weight is 1130 g/mol. The number of ether oxygens (including phenoxy) is 1. The first-order valence-electron chi connectivity index (χ1n) is 37.3. The third-order valence-electron chi connectivity index (χ3n) is 17.9. The van der Waals surface area contributed by atoms with Crippen molar-refractivity contribution in [3.05, 3.63) is 0 Å². The van der Waals surface area contributed by atoms with E-state index in [1.807, 2.05) is 0 Å². The minimum absolute atomic E-state index is 0.0220. The summed E-state index contributed by atoms with van der Waals surface area (Å²) in [4.78, 5) is 24.7. The van der Waals surface area contributed by atoms with E-state index in [1.165, 1.54) is 366 Å². The predicted octanol–water partition coefficient (Wildman–Crippen LogP) is 24.2. The van der Waals surface area contributed by atoms with Gasteiger partial charge in [0.05, 0.1) is 25.4 Å². The largest absolute Gasteiger partial charge is 0.466 e. The van der Waals surface area contributed by atoms with Gasteiger partial charge in [0.15, 0.2) is 0 Å². The minimum atomic E-state index is -0.663. The Morgan fingerprint density at radius 3 is 0.762 bits per heavy atom. The Morgan fingerprint density at radius 2 is 0.512 bits per heavy atom. The van der Waals surface area contributed by atoms with Crippen molar-refractivity contribution < 1.29 is 24.5 Å². The van der Waals surface area contributed by atoms with Gasteiger partial charge in [-0.1, -0.05) is 399 Å². The Morgan fingerprint density at radius 1 is 0.300 bits per heavy atom. The predicted molar refractivity (Wildman–Crippen MR) is 352 cm³/mol. The van der Waals surface area contributed by atoms with Crippen molar-refractivity contribution in [1.82, 2.24) is 5.32 Å². The van der Waals surface area contributed by atoms with Gasteiger partial charge in [-0.3, -0.25) is 9.59 Å². The SMILES string of the molecule is CCCCCCCCCCCCCCCCCCCCCCCC(O)C(CO)NC(=O)CCCCCCCCCCCCCCCCCCCCCCCCCCCOC(=O)CCCCCCCCCCCCCCCCCCC. The summed E-state index contributed by atoms with van der Waals surface area (Å²) in [6.07, 6.45) is 85.9. The number of aliphatic hydroxyl groups is 2. The van der Waals surface area contributed by atoms with Crippen LogP contribution in [0.4, 0.5) is 0 Å². The molecule has 6 heteroatoms. The number of esters is 1. The first kappa shape index (κ1) is 78.9. The molecule has 0 fully saturated rings. The van der Waals surface area contributed by atoms with E-state index in [9.17, 15) is 19.8 Å². The van der Waals surface area contributed by atoms with Crippen molar-refractivity contribution in [2.24, 2.45) is 0 Å². The fourth-order valence-electron chi connectivity index (χ4n) is 12.2. The van der Waals surface area contributed by atoms with Crippen LogP contribution in [0.1, 0.15) is 438 Å². The molecule has 0 bridgehead atoms. The summed E-state index contributed by atoms with van der Waals surface area (Å²) in [5.74, 6) is -0.00542. The van der Waals surface area contributed by atoms with E-state index in [-0.39, 0.29) is 18.5 Å². The summed E-state index contributed by atoms with van der Waals surface area (Å²) in [6, 6.07) is -0.540. The first-order chi connectivity index (χ1) is 39.5. The van der Waals surface area contributed by atoms with Crippen LogP contribution < -0.4 is 5.32 Å². The second kappa shape index (κ2) is 70.3. The summed E-state index contributed by atoms with van der Waals surface area (Å²) >= 11 is 0. The number of carbonyl (C=O) groups is 2. The van der Waals surface area contributed by atoms with Crippen molar-refractivity contribution in [1.29, 1.82) is 0 Å². The van der Waals surface area contributed by atoms with Crippen LogP contribution in [-0.2, 0) is 14.3 Å². The topological polar surface area (TPSA) is 95.9 Å². The third-order valence-corrected chi connectivity index (χ3v) is 17.9. The van der Waals surface area contributed by atoms with E-state index in [4.69, 9.17) is 4.74 Å². The number of carbonyl (C=O) groups excluding carboxylic acids is 2. The zero-order valence-electron chi connectivity index (χ0n) is 54.9. The fraction of sp³-hybridized carbons (Fsp3) is 0.973. The number of hydrogen-bond acceptors (Lipinski definition) is 5. The van der Waals surface area contributed by atoms with Crippen molar-refractivity contribution in [3.63, 3.8) is 0 Å². The first-order valence-corrected chi connectivity index (χ1v) is 37.3. The Kier molecular flexibility index (Phi) is 69.3. The van der Waals surface area contributed by atoms with E-state index in [0.717, 1.165) is 38.5 Å². The van der Waals surface area contributed by atoms with Gasteiger partial charge in [-0.05, 0) is 25.7 Å². The van der Waals surface area contributed by atoms with Crippen molar-refractivity contribution >= 4 is 11.9 Å². The van der Waals surface area contributed by atoms with E-state index in [0.29, 0.717) is 25.9 Å². The molecule has 2 unspecified atom stereocenters. The van der Waals surface area contributed by atoms with Crippen LogP contribution in [0.3, 0.4) is 0 Å². The summed E-state index contributed by atoms with van der Waals surface area (Å²) in [6.45, 7) is 5.01. The molecule has 6 nitrogen and oxygen atoms in total. The standard InChI is InChI=1S/C74H147NO5/c1-3-5-7-9-11-13-15-17-19-21-22-28-31-35-38-42-46-50-54-58-62-66-72(77)71(70-76)75-73(78)67-63-59-55-51-47-43-39-36-32-29-26-24-23-25-27-30-33-37-41-45-49-53-57-61-65-69-80-74(79)68-64-60-56-52-48-44-40-34-20-18-16-14-12-10-8-6-4-2/h71-72,76-77H,3-70H2,1-2H3,(H,75,78). The quantitative estimate of drug-likeness (QED) is 0.0417. The smallest absolute Gasteiger partial charge is 0.305 e. The summed E-state index contributed by atoms with van der Waals surface area (Å²) in [7, 11) is 0. The lowest BCUT2D eigenvalue weighted by atomic mass is 10.0. The summed E-state index contributed by atoms with van der Waals surface area (Å²) in [5, 5.41) is 23.4. The van der Waals surface area contributed by atoms with Gasteiger partial charge >= 0.3 is 5.97 Å². The highest BCUT2D eigenvalue weighted by Crippen LogP contribution is 2.20. The summed E-state index contributed by atoms with van der Waals surface area (Å²) < 4.78 is 5.51. The molecule has 80 heavy (non-hydrogen) atoms. The van der Waals surface area contributed by atoms with Gasteiger partial charge in [0, 0.05) is 12.8 Å². The molecule has 0 aliphatic rings. The maximum absolute atomic E-state index is 12.6. The number of hydrogen-bond donors (Lipinski definition) is 3. The van der Waals surface area contributed by atoms with E-state index >= 15 is 0 Å². The van der Waals surface area contributed by atoms with Crippen LogP contribution in [0.15, 0.2) is 0 Å². The Hall–Kier alpha value is -1.14. The molecule has 0 aliphatic carbocycles. The molecule has 0 saturated carbocycles. The van der Waals surface area contributed by atoms with Gasteiger partial charge in [-0.2, -0.15) is 0 Å². The van der Waals surface area contributed by atoms with E-state index in [2.05, 4.69) is 19.2 Å². The number of unbranched alkanes of at least 4 members (excludes halogenated alkanes) is 60. The lowest BCUT2D eigenvalue weighted by Crippen LogP contribution is -2.45. The van der Waals surface area contributed by atoms with Crippen LogP contribution in [0.5, 0.6) is 0 Å². The molecule has 0 saturated heterocycles. The minimum Gasteiger partial charge on any atom is -0.466 e. The number of rotatable bonds is 71. The van der Waals surface area contributed by atoms with Crippen LogP contribution >= 0.6 is 0 Å². The molecule has 2 atom stereocenters. The Bertz CT molecular complexity index is 1160. The van der Waals surface area contributed by atoms with Gasteiger partial charge in [0.25, 0.3) is 0 Å². The van der Waals surface area contributed by atoms with Crippen molar-refractivity contribution in [2.45, 2.75) is 450 Å². The molecule has 0 aliphatic heterocycles. The fourth-order valence-corrected chi connectivity index (χ4v) is 12.2. The molecule has 3 N–H and O–H groups in total. The normalized spacial score (nSPS) is 12.4. The third kappa shape index (κ3) is 66.0. The number of aliphatic hydroxyl groups excluding tert-OH is 2. The van der Waals surface area contributed by atoms with Crippen molar-refractivity contribution in [2.75, 3.05) is 13.2 Å². The molecule has 0 rings (SSSR count). The van der Waals surface area contributed by atoms with Gasteiger partial charge in [0.1, 0.15) is 0 Å². The average Bonchev–Trinajstić information content (AvgIpc) is 3.46. The van der Waals surface area contributed by atoms with Gasteiger partial charge in [-0.15, -0.1) is 0 Å². The Labute approximate surface area is 502 Å². The highest BCUT2D eigenvalue weighted by molar-refractivity contribution is 5.76. The van der Waals surface area contributed by atoms with Crippen molar-refractivity contribution in [3.8, 4) is 0 Å². The molecule has 0 spiro atoms. The Balaban J connectivity index is 3.34. The van der Waals surface area contributed by atoms with Gasteiger partial charge < -0.3 is 20.3 Å². The molecule has 0 radical (unpaired) electrons. The number of nitrogens with one attached hydrogen (secondary N) is 1. The molecule has 0 aromatic heterocycles. The molecule has 1 amide bonds. The summed E-state index contributed by atoms with van der Waals surface area (Å²) in [5.41, 5.74) is 0. The number of amides is 1. The molecular formula is C74H147NO5. The van der Waals surface area contributed by atoms with Gasteiger partial charge in [-0.25, -0.2) is 0 Å². The molecule has 0 aromatic rings. The second-order valence-electron chi connectivity index (χ2n) is 26.0. The zero-order valence-corrected chi connectivity index (χ0v) is 54.9. The zero-order chi connectivity index (χ0) is 57.8. The van der Waals surface area contributed by atoms with Crippen LogP contribution in [-0.4, -0.2) is 47.4 Å². The highest BCUT2D eigenvalue weighted by atomic mass is 16.5. The van der Waals surface area contributed by atoms with E-state index in [1.54, 1.807) is 0 Å². The monoisotopic (exact) mass is 1130 g/mol. The maximum Gasteiger partial charge on any atom is 0.305 e.